The molecule has 2 aromatic rings. The number of amides is 2. The van der Waals surface area contributed by atoms with Crippen LogP contribution in [0.25, 0.3) is 0 Å². The maximum atomic E-state index is 13.4. The molecule has 32 heavy (non-hydrogen) atoms. The fourth-order valence-electron chi connectivity index (χ4n) is 4.57. The molecule has 2 aliphatic heterocycles. The number of likely N-dealkylation sites (tertiary alicyclic amines) is 2. The van der Waals surface area contributed by atoms with Gasteiger partial charge in [0.2, 0.25) is 0 Å². The van der Waals surface area contributed by atoms with Gasteiger partial charge in [-0.05, 0) is 50.7 Å². The predicted octanol–water partition coefficient (Wildman–Crippen LogP) is 2.62. The molecule has 0 radical (unpaired) electrons. The van der Waals surface area contributed by atoms with Gasteiger partial charge in [-0.15, -0.1) is 5.10 Å². The van der Waals surface area contributed by atoms with Crippen molar-refractivity contribution in [2.45, 2.75) is 51.1 Å². The van der Waals surface area contributed by atoms with Gasteiger partial charge in [0.1, 0.15) is 11.5 Å². The minimum absolute atomic E-state index is 0.0299. The minimum Gasteiger partial charge on any atom is -0.497 e. The highest BCUT2D eigenvalue weighted by molar-refractivity contribution is 5.97. The topological polar surface area (TPSA) is 89.8 Å². The molecule has 2 saturated heterocycles. The van der Waals surface area contributed by atoms with E-state index in [0.717, 1.165) is 58.2 Å². The van der Waals surface area contributed by atoms with Crippen molar-refractivity contribution in [2.24, 2.45) is 0 Å². The molecular weight excluding hydrogens is 410 g/mol. The second-order valence-electron chi connectivity index (χ2n) is 8.37. The van der Waals surface area contributed by atoms with Crippen molar-refractivity contribution in [3.63, 3.8) is 0 Å². The minimum atomic E-state index is -0.0465. The van der Waals surface area contributed by atoms with Crippen LogP contribution in [0.3, 0.4) is 0 Å². The molecule has 172 valence electrons. The van der Waals surface area contributed by atoms with E-state index in [1.807, 2.05) is 9.80 Å². The van der Waals surface area contributed by atoms with Crippen molar-refractivity contribution >= 4 is 11.8 Å². The van der Waals surface area contributed by atoms with Crippen LogP contribution in [0.4, 0.5) is 0 Å². The highest BCUT2D eigenvalue weighted by Gasteiger charge is 2.29. The monoisotopic (exact) mass is 441 g/mol. The summed E-state index contributed by atoms with van der Waals surface area (Å²) in [6, 6.07) is 5.38. The Morgan fingerprint density at radius 3 is 2.56 bits per heavy atom. The van der Waals surface area contributed by atoms with Crippen molar-refractivity contribution in [1.29, 1.82) is 0 Å². The van der Waals surface area contributed by atoms with Gasteiger partial charge in [-0.1, -0.05) is 5.21 Å². The zero-order valence-corrected chi connectivity index (χ0v) is 18.8. The van der Waals surface area contributed by atoms with Crippen molar-refractivity contribution < 1.29 is 19.1 Å². The van der Waals surface area contributed by atoms with Crippen LogP contribution in [0.2, 0.25) is 0 Å². The number of carbonyl (C=O) groups is 2. The first-order chi connectivity index (χ1) is 15.6. The van der Waals surface area contributed by atoms with Crippen LogP contribution in [-0.4, -0.2) is 76.5 Å². The molecule has 0 aliphatic carbocycles. The fraction of sp³-hybridized carbons (Fsp3) is 0.565. The molecule has 0 spiro atoms. The Morgan fingerprint density at radius 1 is 1.03 bits per heavy atom. The summed E-state index contributed by atoms with van der Waals surface area (Å²) in [5.74, 6) is 1.09. The summed E-state index contributed by atoms with van der Waals surface area (Å²) in [4.78, 5) is 29.6. The fourth-order valence-corrected chi connectivity index (χ4v) is 4.57. The Kier molecular flexibility index (Phi) is 6.92. The maximum Gasteiger partial charge on any atom is 0.276 e. The molecule has 1 aromatic heterocycles. The number of ether oxygens (including phenoxy) is 2. The Bertz CT molecular complexity index is 954. The lowest BCUT2D eigenvalue weighted by molar-refractivity contribution is 0.0590. The van der Waals surface area contributed by atoms with Crippen LogP contribution in [0.15, 0.2) is 24.4 Å². The van der Waals surface area contributed by atoms with E-state index >= 15 is 0 Å². The van der Waals surface area contributed by atoms with Gasteiger partial charge in [0.05, 0.1) is 26.0 Å². The van der Waals surface area contributed by atoms with Gasteiger partial charge in [-0.2, -0.15) is 0 Å². The second-order valence-corrected chi connectivity index (χ2v) is 8.37. The third-order valence-corrected chi connectivity index (χ3v) is 6.37. The first kappa shape index (κ1) is 22.1. The van der Waals surface area contributed by atoms with Crippen LogP contribution in [-0.2, 0) is 6.54 Å². The van der Waals surface area contributed by atoms with E-state index in [4.69, 9.17) is 9.47 Å². The SMILES string of the molecule is COc1ccc(C(=O)N2CCCCC2CCn2cc(C(=O)N3CCCC3)nn2)c(OC)c1. The van der Waals surface area contributed by atoms with Crippen molar-refractivity contribution in [3.05, 3.63) is 35.7 Å². The molecule has 4 rings (SSSR count). The standard InChI is InChI=1S/C23H31N5O4/c1-31-18-8-9-19(21(15-18)32-2)22(29)28-13-4-3-7-17(28)10-14-27-16-20(24-25-27)23(30)26-11-5-6-12-26/h8-9,15-17H,3-7,10-14H2,1-2H3. The first-order valence-electron chi connectivity index (χ1n) is 11.3. The average molecular weight is 442 g/mol. The third kappa shape index (κ3) is 4.71. The number of piperidine rings is 1. The number of benzene rings is 1. The third-order valence-electron chi connectivity index (χ3n) is 6.37. The molecule has 2 aliphatic rings. The largest absolute Gasteiger partial charge is 0.497 e. The highest BCUT2D eigenvalue weighted by atomic mass is 16.5. The number of carbonyl (C=O) groups excluding carboxylic acids is 2. The van der Waals surface area contributed by atoms with Gasteiger partial charge in [0, 0.05) is 38.3 Å². The van der Waals surface area contributed by atoms with Crippen LogP contribution in [0, 0.1) is 0 Å². The van der Waals surface area contributed by atoms with Crippen LogP contribution in [0.5, 0.6) is 11.5 Å². The van der Waals surface area contributed by atoms with Crippen LogP contribution in [0.1, 0.15) is 59.4 Å². The van der Waals surface area contributed by atoms with Gasteiger partial charge in [-0.3, -0.25) is 14.3 Å². The number of aryl methyl sites for hydroxylation is 1. The second kappa shape index (κ2) is 10.0. The van der Waals surface area contributed by atoms with Crippen LogP contribution >= 0.6 is 0 Å². The lowest BCUT2D eigenvalue weighted by Gasteiger charge is -2.36. The number of nitrogens with zero attached hydrogens (tertiary/aromatic N) is 5. The van der Waals surface area contributed by atoms with E-state index in [9.17, 15) is 9.59 Å². The number of methoxy groups -OCH3 is 2. The normalized spacial score (nSPS) is 18.6. The molecule has 1 atom stereocenters. The van der Waals surface area contributed by atoms with E-state index < -0.39 is 0 Å². The maximum absolute atomic E-state index is 13.4. The molecule has 9 heteroatoms. The van der Waals surface area contributed by atoms with Crippen molar-refractivity contribution in [2.75, 3.05) is 33.9 Å². The number of hydrogen-bond acceptors (Lipinski definition) is 6. The zero-order chi connectivity index (χ0) is 22.5. The zero-order valence-electron chi connectivity index (χ0n) is 18.8. The summed E-state index contributed by atoms with van der Waals surface area (Å²) in [6.07, 6.45) is 7.59. The molecule has 0 N–H and O–H groups in total. The molecule has 3 heterocycles. The van der Waals surface area contributed by atoms with Gasteiger partial charge in [0.25, 0.3) is 11.8 Å². The Morgan fingerprint density at radius 2 is 1.81 bits per heavy atom. The van der Waals surface area contributed by atoms with E-state index in [1.165, 1.54) is 0 Å². The predicted molar refractivity (Wildman–Crippen MR) is 118 cm³/mol. The van der Waals surface area contributed by atoms with Gasteiger partial charge in [0.15, 0.2) is 5.69 Å². The Balaban J connectivity index is 1.42. The number of hydrogen-bond donors (Lipinski definition) is 0. The molecule has 2 fully saturated rings. The lowest BCUT2D eigenvalue weighted by Crippen LogP contribution is -2.44. The molecule has 2 amide bonds. The Hall–Kier alpha value is -3.10. The average Bonchev–Trinajstić information content (AvgIpc) is 3.54. The molecule has 0 bridgehead atoms. The van der Waals surface area contributed by atoms with Gasteiger partial charge >= 0.3 is 0 Å². The summed E-state index contributed by atoms with van der Waals surface area (Å²) >= 11 is 0. The van der Waals surface area contributed by atoms with E-state index in [2.05, 4.69) is 10.3 Å². The summed E-state index contributed by atoms with van der Waals surface area (Å²) < 4.78 is 12.4. The molecule has 0 saturated carbocycles. The molecule has 9 nitrogen and oxygen atoms in total. The Labute approximate surface area is 188 Å². The quantitative estimate of drug-likeness (QED) is 0.656. The van der Waals surface area contributed by atoms with Crippen molar-refractivity contribution in [1.82, 2.24) is 24.8 Å². The number of aromatic nitrogens is 3. The van der Waals surface area contributed by atoms with Gasteiger partial charge in [-0.25, -0.2) is 0 Å². The summed E-state index contributed by atoms with van der Waals surface area (Å²) in [7, 11) is 3.15. The summed E-state index contributed by atoms with van der Waals surface area (Å²) in [5, 5.41) is 8.23. The molecule has 1 unspecified atom stereocenters. The summed E-state index contributed by atoms with van der Waals surface area (Å²) in [6.45, 7) is 2.91. The van der Waals surface area contributed by atoms with E-state index in [1.54, 1.807) is 43.3 Å². The lowest BCUT2D eigenvalue weighted by atomic mass is 9.98. The number of rotatable bonds is 7. The van der Waals surface area contributed by atoms with E-state index in [-0.39, 0.29) is 17.9 Å². The summed E-state index contributed by atoms with van der Waals surface area (Å²) in [5.41, 5.74) is 0.936. The van der Waals surface area contributed by atoms with E-state index in [0.29, 0.717) is 29.3 Å². The smallest absolute Gasteiger partial charge is 0.276 e. The van der Waals surface area contributed by atoms with Crippen LogP contribution < -0.4 is 9.47 Å². The molecular formula is C23H31N5O4. The highest BCUT2D eigenvalue weighted by Crippen LogP contribution is 2.29. The van der Waals surface area contributed by atoms with Gasteiger partial charge < -0.3 is 19.3 Å². The van der Waals surface area contributed by atoms with Crippen molar-refractivity contribution in [3.8, 4) is 11.5 Å². The molecule has 1 aromatic carbocycles. The first-order valence-corrected chi connectivity index (χ1v) is 11.3.